The lowest BCUT2D eigenvalue weighted by Crippen LogP contribution is -2.27. The molecule has 0 bridgehead atoms. The lowest BCUT2D eigenvalue weighted by molar-refractivity contribution is -0.0458. The number of hydrogen-bond acceptors (Lipinski definition) is 7. The highest BCUT2D eigenvalue weighted by Gasteiger charge is 2.34. The Morgan fingerprint density at radius 1 is 1.36 bits per heavy atom. The van der Waals surface area contributed by atoms with Gasteiger partial charge in [-0.3, -0.25) is 9.55 Å². The zero-order valence-electron chi connectivity index (χ0n) is 11.8. The van der Waals surface area contributed by atoms with Crippen molar-refractivity contribution in [2.75, 3.05) is 12.3 Å². The normalized spacial score (nSPS) is 23.6. The van der Waals surface area contributed by atoms with Crippen LogP contribution in [-0.2, 0) is 4.74 Å². The number of ether oxygens (including phenoxy) is 1. The number of rotatable bonds is 2. The quantitative estimate of drug-likeness (QED) is 0.686. The Balaban J connectivity index is 0.000000246. The molecule has 8 nitrogen and oxygen atoms in total. The van der Waals surface area contributed by atoms with Crippen molar-refractivity contribution >= 4 is 5.82 Å². The van der Waals surface area contributed by atoms with Crippen LogP contribution >= 0.6 is 0 Å². The van der Waals surface area contributed by atoms with Gasteiger partial charge in [-0.2, -0.15) is 4.98 Å². The van der Waals surface area contributed by atoms with Gasteiger partial charge in [0.05, 0.1) is 12.7 Å². The number of nitrogens with two attached hydrogens (primary N) is 1. The maximum Gasteiger partial charge on any atom is 0.351 e. The fourth-order valence-electron chi connectivity index (χ4n) is 2.01. The molecule has 0 saturated carbocycles. The molecule has 0 amide bonds. The molecular weight excluding hydrogens is 288 g/mol. The number of hydrogen-bond donors (Lipinski definition) is 3. The van der Waals surface area contributed by atoms with Gasteiger partial charge in [0.15, 0.2) is 0 Å². The molecule has 118 valence electrons. The minimum atomic E-state index is -0.778. The van der Waals surface area contributed by atoms with E-state index >= 15 is 0 Å². The summed E-state index contributed by atoms with van der Waals surface area (Å²) in [6.07, 6.45) is 3.17. The van der Waals surface area contributed by atoms with Crippen LogP contribution in [0.2, 0.25) is 0 Å². The van der Waals surface area contributed by atoms with Crippen molar-refractivity contribution < 1.29 is 14.9 Å². The number of aliphatic hydroxyl groups is 2. The molecule has 1 aliphatic rings. The molecule has 0 spiro atoms. The van der Waals surface area contributed by atoms with Gasteiger partial charge in [0, 0.05) is 25.0 Å². The number of nitrogen functional groups attached to an aromatic ring is 1. The van der Waals surface area contributed by atoms with E-state index in [2.05, 4.69) is 9.97 Å². The molecule has 0 unspecified atom stereocenters. The van der Waals surface area contributed by atoms with Crippen molar-refractivity contribution in [2.45, 2.75) is 24.9 Å². The Labute approximate surface area is 126 Å². The molecule has 8 heteroatoms. The van der Waals surface area contributed by atoms with Crippen LogP contribution in [0.25, 0.3) is 0 Å². The van der Waals surface area contributed by atoms with Crippen LogP contribution in [0.3, 0.4) is 0 Å². The Morgan fingerprint density at radius 2 is 2.09 bits per heavy atom. The Bertz CT molecular complexity index is 608. The van der Waals surface area contributed by atoms with Crippen LogP contribution < -0.4 is 11.4 Å². The first-order chi connectivity index (χ1) is 10.6. The highest BCUT2D eigenvalue weighted by atomic mass is 16.5. The predicted octanol–water partition coefficient (Wildman–Crippen LogP) is -0.452. The van der Waals surface area contributed by atoms with Crippen molar-refractivity contribution in [1.29, 1.82) is 0 Å². The number of nitrogens with zero attached hydrogens (tertiary/aromatic N) is 3. The first-order valence-electron chi connectivity index (χ1n) is 6.76. The van der Waals surface area contributed by atoms with Crippen molar-refractivity contribution in [3.63, 3.8) is 0 Å². The molecule has 2 aromatic rings. The second-order valence-corrected chi connectivity index (χ2v) is 4.68. The topological polar surface area (TPSA) is 123 Å². The van der Waals surface area contributed by atoms with Crippen molar-refractivity contribution in [3.05, 3.63) is 53.3 Å². The summed E-state index contributed by atoms with van der Waals surface area (Å²) < 4.78 is 6.56. The minimum absolute atomic E-state index is 0.138. The Hall–Kier alpha value is -2.29. The van der Waals surface area contributed by atoms with Gasteiger partial charge in [0.2, 0.25) is 0 Å². The SMILES string of the molecule is Nc1ccn([C@H]2C[C@H](O)[C@@H](CO)O2)c(=O)n1.c1ccncc1. The first-order valence-corrected chi connectivity index (χ1v) is 6.76. The molecule has 0 radical (unpaired) electrons. The first kappa shape index (κ1) is 16.1. The van der Waals surface area contributed by atoms with Gasteiger partial charge in [-0.25, -0.2) is 4.79 Å². The summed E-state index contributed by atoms with van der Waals surface area (Å²) in [4.78, 5) is 18.8. The largest absolute Gasteiger partial charge is 0.394 e. The Morgan fingerprint density at radius 3 is 2.55 bits per heavy atom. The summed E-state index contributed by atoms with van der Waals surface area (Å²) in [5.74, 6) is 0.138. The van der Waals surface area contributed by atoms with E-state index in [1.165, 1.54) is 16.8 Å². The maximum atomic E-state index is 11.5. The van der Waals surface area contributed by atoms with E-state index in [4.69, 9.17) is 15.6 Å². The van der Waals surface area contributed by atoms with Crippen LogP contribution in [0.4, 0.5) is 5.82 Å². The summed E-state index contributed by atoms with van der Waals surface area (Å²) in [6.45, 7) is -0.283. The molecule has 22 heavy (non-hydrogen) atoms. The summed E-state index contributed by atoms with van der Waals surface area (Å²) in [5, 5.41) is 18.4. The van der Waals surface area contributed by atoms with E-state index in [0.717, 1.165) is 0 Å². The summed E-state index contributed by atoms with van der Waals surface area (Å²) in [5.41, 5.74) is 4.82. The summed E-state index contributed by atoms with van der Waals surface area (Å²) >= 11 is 0. The van der Waals surface area contributed by atoms with Gasteiger partial charge in [-0.15, -0.1) is 0 Å². The monoisotopic (exact) mass is 306 g/mol. The molecular formula is C14H18N4O4. The van der Waals surface area contributed by atoms with Gasteiger partial charge in [-0.1, -0.05) is 6.07 Å². The van der Waals surface area contributed by atoms with Gasteiger partial charge in [0.25, 0.3) is 0 Å². The van der Waals surface area contributed by atoms with Gasteiger partial charge in [0.1, 0.15) is 18.1 Å². The van der Waals surface area contributed by atoms with Crippen molar-refractivity contribution in [1.82, 2.24) is 14.5 Å². The molecule has 3 rings (SSSR count). The predicted molar refractivity (Wildman–Crippen MR) is 78.8 cm³/mol. The number of anilines is 1. The third-order valence-electron chi connectivity index (χ3n) is 3.11. The maximum absolute atomic E-state index is 11.5. The van der Waals surface area contributed by atoms with Crippen LogP contribution in [0, 0.1) is 0 Å². The summed E-state index contributed by atoms with van der Waals surface area (Å²) in [6, 6.07) is 7.19. The summed E-state index contributed by atoms with van der Waals surface area (Å²) in [7, 11) is 0. The third-order valence-corrected chi connectivity index (χ3v) is 3.11. The number of pyridine rings is 1. The molecule has 1 saturated heterocycles. The second-order valence-electron chi connectivity index (χ2n) is 4.68. The molecule has 3 heterocycles. The smallest absolute Gasteiger partial charge is 0.351 e. The van der Waals surface area contributed by atoms with E-state index in [-0.39, 0.29) is 18.8 Å². The highest BCUT2D eigenvalue weighted by molar-refractivity contribution is 5.23. The van der Waals surface area contributed by atoms with E-state index < -0.39 is 24.1 Å². The zero-order valence-corrected chi connectivity index (χ0v) is 11.8. The molecule has 1 aliphatic heterocycles. The molecule has 0 aliphatic carbocycles. The number of aromatic nitrogens is 3. The van der Waals surface area contributed by atoms with Crippen LogP contribution in [0.15, 0.2) is 47.7 Å². The standard InChI is InChI=1S/C9H13N3O4.C5H5N/c10-7-1-2-12(9(15)11-7)8-3-5(14)6(4-13)16-8;1-2-4-6-5-3-1/h1-2,5-6,8,13-14H,3-4H2,(H2,10,11,15);1-5H/t5-,6+,8+;/m0./s1. The minimum Gasteiger partial charge on any atom is -0.394 e. The van der Waals surface area contributed by atoms with Crippen LogP contribution in [0.1, 0.15) is 12.6 Å². The van der Waals surface area contributed by atoms with Crippen LogP contribution in [0.5, 0.6) is 0 Å². The average molecular weight is 306 g/mol. The van der Waals surface area contributed by atoms with E-state index in [1.54, 1.807) is 12.4 Å². The molecule has 0 aromatic carbocycles. The van der Waals surface area contributed by atoms with Crippen molar-refractivity contribution in [3.8, 4) is 0 Å². The fraction of sp³-hybridized carbons (Fsp3) is 0.357. The molecule has 1 fully saturated rings. The average Bonchev–Trinajstić information content (AvgIpc) is 2.90. The van der Waals surface area contributed by atoms with Crippen molar-refractivity contribution in [2.24, 2.45) is 0 Å². The lowest BCUT2D eigenvalue weighted by Gasteiger charge is -2.13. The zero-order chi connectivity index (χ0) is 15.9. The fourth-order valence-corrected chi connectivity index (χ4v) is 2.01. The van der Waals surface area contributed by atoms with Gasteiger partial charge in [-0.05, 0) is 18.2 Å². The second kappa shape index (κ2) is 7.64. The van der Waals surface area contributed by atoms with Gasteiger partial charge < -0.3 is 20.7 Å². The van der Waals surface area contributed by atoms with E-state index in [9.17, 15) is 9.90 Å². The molecule has 2 aromatic heterocycles. The lowest BCUT2D eigenvalue weighted by atomic mass is 10.2. The van der Waals surface area contributed by atoms with E-state index in [1.807, 2.05) is 18.2 Å². The van der Waals surface area contributed by atoms with E-state index in [0.29, 0.717) is 0 Å². The molecule has 4 N–H and O–H groups in total. The van der Waals surface area contributed by atoms with Crippen LogP contribution in [-0.4, -0.2) is 43.6 Å². The molecule has 3 atom stereocenters. The highest BCUT2D eigenvalue weighted by Crippen LogP contribution is 2.27. The Kier molecular flexibility index (Phi) is 5.59. The third kappa shape index (κ3) is 4.10. The van der Waals surface area contributed by atoms with Gasteiger partial charge >= 0.3 is 5.69 Å². The number of aliphatic hydroxyl groups excluding tert-OH is 2.